The maximum absolute atomic E-state index is 4.59. The van der Waals surface area contributed by atoms with Gasteiger partial charge in [0.25, 0.3) is 0 Å². The fourth-order valence-electron chi connectivity index (χ4n) is 5.62. The first-order chi connectivity index (χ1) is 12.1. The fourth-order valence-corrected chi connectivity index (χ4v) is 6.85. The average Bonchev–Trinajstić information content (AvgIpc) is 3.19. The van der Waals surface area contributed by atoms with Crippen LogP contribution in [0.2, 0.25) is 0 Å². The number of hydrogen-bond donors (Lipinski definition) is 0. The van der Waals surface area contributed by atoms with Gasteiger partial charge in [-0.2, -0.15) is 0 Å². The van der Waals surface area contributed by atoms with E-state index in [4.69, 9.17) is 0 Å². The molecule has 0 N–H and O–H groups in total. The van der Waals surface area contributed by atoms with Gasteiger partial charge >= 0.3 is 0 Å². The molecule has 0 radical (unpaired) electrons. The molecular formula is C22H27N3S. The molecular weight excluding hydrogens is 338 g/mol. The zero-order chi connectivity index (χ0) is 18.6. The minimum Gasteiger partial charge on any atom is -0.352 e. The van der Waals surface area contributed by atoms with Crippen LogP contribution in [0, 0.1) is 12.3 Å². The van der Waals surface area contributed by atoms with Crippen molar-refractivity contribution in [2.24, 2.45) is 5.41 Å². The van der Waals surface area contributed by atoms with Crippen molar-refractivity contribution in [1.29, 1.82) is 0 Å². The molecule has 3 nitrogen and oxygen atoms in total. The molecule has 5 rings (SSSR count). The van der Waals surface area contributed by atoms with E-state index in [0.717, 1.165) is 4.96 Å². The second-order valence-corrected chi connectivity index (χ2v) is 10.2. The molecule has 26 heavy (non-hydrogen) atoms. The van der Waals surface area contributed by atoms with Crippen LogP contribution in [0.5, 0.6) is 0 Å². The molecule has 0 spiro atoms. The summed E-state index contributed by atoms with van der Waals surface area (Å²) < 4.78 is 2.34. The Morgan fingerprint density at radius 1 is 1.12 bits per heavy atom. The van der Waals surface area contributed by atoms with Gasteiger partial charge < -0.3 is 4.90 Å². The highest BCUT2D eigenvalue weighted by molar-refractivity contribution is 7.17. The molecule has 0 aliphatic carbocycles. The lowest BCUT2D eigenvalue weighted by Crippen LogP contribution is -2.62. The van der Waals surface area contributed by atoms with Crippen molar-refractivity contribution in [2.75, 3.05) is 4.90 Å². The van der Waals surface area contributed by atoms with Gasteiger partial charge in [0.2, 0.25) is 0 Å². The number of anilines is 1. The number of aryl methyl sites for hydroxylation is 1. The van der Waals surface area contributed by atoms with E-state index in [-0.39, 0.29) is 16.4 Å². The Morgan fingerprint density at radius 3 is 2.58 bits per heavy atom. The summed E-state index contributed by atoms with van der Waals surface area (Å²) >= 11 is 1.86. The van der Waals surface area contributed by atoms with Crippen molar-refractivity contribution in [1.82, 2.24) is 9.38 Å². The van der Waals surface area contributed by atoms with Crippen molar-refractivity contribution in [2.45, 2.75) is 65.5 Å². The van der Waals surface area contributed by atoms with Crippen molar-refractivity contribution >= 4 is 22.0 Å². The Hall–Kier alpha value is -1.81. The predicted molar refractivity (Wildman–Crippen MR) is 109 cm³/mol. The van der Waals surface area contributed by atoms with E-state index >= 15 is 0 Å². The second-order valence-electron chi connectivity index (χ2n) is 9.23. The molecule has 2 atom stereocenters. The highest BCUT2D eigenvalue weighted by atomic mass is 32.1. The molecule has 0 amide bonds. The summed E-state index contributed by atoms with van der Waals surface area (Å²) in [4.78, 5) is 9.89. The van der Waals surface area contributed by atoms with Crippen molar-refractivity contribution in [3.05, 3.63) is 52.3 Å². The number of thiazole rings is 1. The summed E-state index contributed by atoms with van der Waals surface area (Å²) in [5, 5.41) is 0. The lowest BCUT2D eigenvalue weighted by atomic mass is 9.52. The van der Waals surface area contributed by atoms with E-state index in [1.807, 2.05) is 17.5 Å². The molecule has 4 heteroatoms. The highest BCUT2D eigenvalue weighted by Crippen LogP contribution is 2.68. The lowest BCUT2D eigenvalue weighted by molar-refractivity contribution is 0.0620. The largest absolute Gasteiger partial charge is 0.352 e. The number of rotatable bonds is 0. The van der Waals surface area contributed by atoms with Gasteiger partial charge in [0.05, 0.1) is 22.2 Å². The minimum atomic E-state index is -0.0939. The number of para-hydroxylation sites is 1. The average molecular weight is 366 g/mol. The van der Waals surface area contributed by atoms with Gasteiger partial charge in [-0.15, -0.1) is 0 Å². The van der Waals surface area contributed by atoms with Gasteiger partial charge in [-0.3, -0.25) is 4.40 Å². The van der Waals surface area contributed by atoms with Crippen LogP contribution in [0.4, 0.5) is 5.69 Å². The third-order valence-corrected chi connectivity index (χ3v) is 9.16. The SMILES string of the molecule is Cc1cccc2c1N1[C@@H](C)c3sc4nccn4c3C1(C)C(C)(C)C2(C)C. The van der Waals surface area contributed by atoms with Crippen LogP contribution in [-0.4, -0.2) is 9.38 Å². The topological polar surface area (TPSA) is 20.5 Å². The van der Waals surface area contributed by atoms with E-state index < -0.39 is 0 Å². The van der Waals surface area contributed by atoms with E-state index in [1.54, 1.807) is 0 Å². The van der Waals surface area contributed by atoms with E-state index in [2.05, 4.69) is 87.1 Å². The Morgan fingerprint density at radius 2 is 1.85 bits per heavy atom. The monoisotopic (exact) mass is 365 g/mol. The fraction of sp³-hybridized carbons (Fsp3) is 0.500. The maximum Gasteiger partial charge on any atom is 0.194 e. The smallest absolute Gasteiger partial charge is 0.194 e. The molecule has 1 unspecified atom stereocenters. The number of hydrogen-bond acceptors (Lipinski definition) is 3. The lowest BCUT2D eigenvalue weighted by Gasteiger charge is -2.62. The van der Waals surface area contributed by atoms with Gasteiger partial charge in [0.15, 0.2) is 4.96 Å². The first kappa shape index (κ1) is 16.4. The Balaban J connectivity index is 1.95. The number of aromatic nitrogens is 2. The summed E-state index contributed by atoms with van der Waals surface area (Å²) in [5.74, 6) is 0. The standard InChI is InChI=1S/C22H27N3S/c1-13-9-8-10-15-16(13)25-14(2)17-18(24-12-11-23-19(24)26-17)22(25,7)21(5,6)20(15,3)4/h8-12,14H,1-7H3/t14-,22?/m0/s1. The zero-order valence-corrected chi connectivity index (χ0v) is 17.5. The van der Waals surface area contributed by atoms with Crippen LogP contribution in [0.25, 0.3) is 4.96 Å². The van der Waals surface area contributed by atoms with E-state index in [0.29, 0.717) is 6.04 Å². The molecule has 2 aliphatic rings. The number of fused-ring (bicyclic) bond motifs is 7. The van der Waals surface area contributed by atoms with Crippen LogP contribution in [0.1, 0.15) is 69.3 Å². The normalized spacial score (nSPS) is 28.1. The molecule has 2 aromatic heterocycles. The maximum atomic E-state index is 4.59. The summed E-state index contributed by atoms with van der Waals surface area (Å²) in [7, 11) is 0. The first-order valence-corrected chi connectivity index (χ1v) is 10.3. The predicted octanol–water partition coefficient (Wildman–Crippen LogP) is 5.82. The third-order valence-electron chi connectivity index (χ3n) is 7.92. The summed E-state index contributed by atoms with van der Waals surface area (Å²) in [6, 6.07) is 7.19. The van der Waals surface area contributed by atoms with Gasteiger partial charge in [-0.05, 0) is 37.3 Å². The van der Waals surface area contributed by atoms with Gasteiger partial charge in [-0.25, -0.2) is 4.98 Å². The van der Waals surface area contributed by atoms with Gasteiger partial charge in [0.1, 0.15) is 0 Å². The Kier molecular flexibility index (Phi) is 2.85. The molecule has 0 bridgehead atoms. The summed E-state index contributed by atoms with van der Waals surface area (Å²) in [6.45, 7) is 16.8. The van der Waals surface area contributed by atoms with Crippen LogP contribution in [0.3, 0.4) is 0 Å². The molecule has 4 heterocycles. The summed E-state index contributed by atoms with van der Waals surface area (Å²) in [6.07, 6.45) is 4.07. The van der Waals surface area contributed by atoms with Crippen molar-refractivity contribution < 1.29 is 0 Å². The zero-order valence-electron chi connectivity index (χ0n) is 16.7. The number of benzene rings is 1. The van der Waals surface area contributed by atoms with Gasteiger partial charge in [-0.1, -0.05) is 57.2 Å². The third kappa shape index (κ3) is 1.47. The first-order valence-electron chi connectivity index (χ1n) is 9.49. The van der Waals surface area contributed by atoms with Crippen LogP contribution >= 0.6 is 11.3 Å². The molecule has 0 fully saturated rings. The van der Waals surface area contributed by atoms with Crippen molar-refractivity contribution in [3.63, 3.8) is 0 Å². The highest BCUT2D eigenvalue weighted by Gasteiger charge is 2.65. The van der Waals surface area contributed by atoms with Gasteiger partial charge in [0, 0.05) is 23.5 Å². The molecule has 0 saturated carbocycles. The molecule has 1 aromatic carbocycles. The van der Waals surface area contributed by atoms with E-state index in [9.17, 15) is 0 Å². The Labute approximate surface area is 159 Å². The molecule has 2 aliphatic heterocycles. The number of imidazole rings is 1. The van der Waals surface area contributed by atoms with Crippen LogP contribution < -0.4 is 4.90 Å². The van der Waals surface area contributed by atoms with Crippen LogP contribution in [0.15, 0.2) is 30.6 Å². The summed E-state index contributed by atoms with van der Waals surface area (Å²) in [5.41, 5.74) is 5.72. The minimum absolute atomic E-state index is 0.0403. The second kappa shape index (κ2) is 4.53. The van der Waals surface area contributed by atoms with E-state index in [1.165, 1.54) is 27.4 Å². The quantitative estimate of drug-likeness (QED) is 0.500. The number of nitrogens with zero attached hydrogens (tertiary/aromatic N) is 3. The van der Waals surface area contributed by atoms with Crippen molar-refractivity contribution in [3.8, 4) is 0 Å². The molecule has 0 saturated heterocycles. The molecule has 136 valence electrons. The molecule has 3 aromatic rings. The van der Waals surface area contributed by atoms with Crippen LogP contribution in [-0.2, 0) is 11.0 Å². The Bertz CT molecular complexity index is 1050.